The van der Waals surface area contributed by atoms with Gasteiger partial charge in [-0.25, -0.2) is 0 Å². The van der Waals surface area contributed by atoms with Crippen LogP contribution in [0.4, 0.5) is 0 Å². The number of unbranched alkanes of at least 4 members (excludes halogenated alkanes) is 20. The molecule has 52 heavy (non-hydrogen) atoms. The van der Waals surface area contributed by atoms with Crippen molar-refractivity contribution in [3.05, 3.63) is 24.3 Å². The molecule has 0 spiro atoms. The summed E-state index contributed by atoms with van der Waals surface area (Å²) in [6.45, 7) is 4.17. The third-order valence-electron chi connectivity index (χ3n) is 8.97. The van der Waals surface area contributed by atoms with Crippen LogP contribution in [0.3, 0.4) is 0 Å². The number of quaternary nitrogens is 1. The summed E-state index contributed by atoms with van der Waals surface area (Å²) in [5, 5.41) is 0. The van der Waals surface area contributed by atoms with Gasteiger partial charge in [0.05, 0.1) is 27.7 Å². The van der Waals surface area contributed by atoms with Crippen molar-refractivity contribution in [2.24, 2.45) is 0 Å². The van der Waals surface area contributed by atoms with Gasteiger partial charge in [-0.1, -0.05) is 154 Å². The van der Waals surface area contributed by atoms with Gasteiger partial charge in [0.1, 0.15) is 19.8 Å². The molecular weight excluding hydrogens is 677 g/mol. The average Bonchev–Trinajstić information content (AvgIpc) is 3.09. The summed E-state index contributed by atoms with van der Waals surface area (Å²) in [6.07, 6.45) is 36.2. The first-order chi connectivity index (χ1) is 25.0. The molecule has 0 rings (SSSR count). The minimum Gasteiger partial charge on any atom is -0.756 e. The zero-order chi connectivity index (χ0) is 38.6. The van der Waals surface area contributed by atoms with Crippen LogP contribution in [0.2, 0.25) is 0 Å². The number of ether oxygens (including phenoxy) is 2. The molecule has 10 heteroatoms. The summed E-state index contributed by atoms with van der Waals surface area (Å²) in [7, 11) is 1.16. The Morgan fingerprint density at radius 3 is 1.58 bits per heavy atom. The monoisotopic (exact) mass is 758 g/mol. The lowest BCUT2D eigenvalue weighted by Gasteiger charge is -2.28. The second-order valence-electron chi connectivity index (χ2n) is 15.4. The molecule has 0 radical (unpaired) electrons. The molecule has 0 N–H and O–H groups in total. The van der Waals surface area contributed by atoms with Crippen molar-refractivity contribution in [3.63, 3.8) is 0 Å². The van der Waals surface area contributed by atoms with Crippen molar-refractivity contribution >= 4 is 19.8 Å². The lowest BCUT2D eigenvalue weighted by atomic mass is 10.0. The quantitative estimate of drug-likeness (QED) is 0.0201. The third-order valence-corrected chi connectivity index (χ3v) is 9.94. The predicted molar refractivity (Wildman–Crippen MR) is 213 cm³/mol. The fourth-order valence-corrected chi connectivity index (χ4v) is 6.34. The highest BCUT2D eigenvalue weighted by Crippen LogP contribution is 2.38. The first-order valence-electron chi connectivity index (χ1n) is 21.0. The van der Waals surface area contributed by atoms with Crippen molar-refractivity contribution in [2.75, 3.05) is 47.5 Å². The van der Waals surface area contributed by atoms with Gasteiger partial charge in [0.25, 0.3) is 7.82 Å². The molecule has 0 saturated carbocycles. The second kappa shape index (κ2) is 35.2. The van der Waals surface area contributed by atoms with Gasteiger partial charge in [-0.3, -0.25) is 14.2 Å². The van der Waals surface area contributed by atoms with Gasteiger partial charge in [0.15, 0.2) is 6.10 Å². The lowest BCUT2D eigenvalue weighted by Crippen LogP contribution is -2.37. The number of carbonyl (C=O) groups excluding carboxylic acids is 2. The molecule has 9 nitrogen and oxygen atoms in total. The molecule has 0 aliphatic rings. The van der Waals surface area contributed by atoms with Crippen molar-refractivity contribution in [1.29, 1.82) is 0 Å². The molecule has 0 aromatic carbocycles. The number of nitrogens with zero attached hydrogens (tertiary/aromatic N) is 1. The maximum atomic E-state index is 12.6. The molecule has 0 saturated heterocycles. The molecule has 0 aromatic rings. The van der Waals surface area contributed by atoms with Crippen LogP contribution in [-0.2, 0) is 32.7 Å². The van der Waals surface area contributed by atoms with Gasteiger partial charge >= 0.3 is 11.9 Å². The zero-order valence-electron chi connectivity index (χ0n) is 34.3. The van der Waals surface area contributed by atoms with Gasteiger partial charge in [0, 0.05) is 12.8 Å². The van der Waals surface area contributed by atoms with Gasteiger partial charge in [-0.05, 0) is 38.5 Å². The van der Waals surface area contributed by atoms with Crippen LogP contribution in [-0.4, -0.2) is 70.0 Å². The molecule has 2 unspecified atom stereocenters. The van der Waals surface area contributed by atoms with Crippen molar-refractivity contribution < 1.29 is 42.1 Å². The number of carbonyl (C=O) groups is 2. The number of likely N-dealkylation sites (N-methyl/N-ethyl adjacent to an activating group) is 1. The first-order valence-corrected chi connectivity index (χ1v) is 22.5. The van der Waals surface area contributed by atoms with E-state index in [1.54, 1.807) is 0 Å². The van der Waals surface area contributed by atoms with Crippen LogP contribution in [0.5, 0.6) is 0 Å². The molecule has 0 aliphatic carbocycles. The summed E-state index contributed by atoms with van der Waals surface area (Å²) in [6, 6.07) is 0. The number of esters is 2. The van der Waals surface area contributed by atoms with E-state index in [1.807, 2.05) is 21.1 Å². The molecule has 0 heterocycles. The highest BCUT2D eigenvalue weighted by atomic mass is 31.2. The van der Waals surface area contributed by atoms with Crippen LogP contribution in [0.1, 0.15) is 181 Å². The van der Waals surface area contributed by atoms with Crippen molar-refractivity contribution in [1.82, 2.24) is 0 Å². The Balaban J connectivity index is 4.40. The normalized spacial score (nSPS) is 13.9. The van der Waals surface area contributed by atoms with E-state index in [9.17, 15) is 19.0 Å². The third kappa shape index (κ3) is 38.2. The molecule has 0 bridgehead atoms. The molecule has 0 aliphatic heterocycles. The van der Waals surface area contributed by atoms with Crippen LogP contribution in [0.25, 0.3) is 0 Å². The smallest absolute Gasteiger partial charge is 0.306 e. The number of hydrogen-bond acceptors (Lipinski definition) is 8. The van der Waals surface area contributed by atoms with Crippen LogP contribution >= 0.6 is 7.82 Å². The maximum Gasteiger partial charge on any atom is 0.306 e. The molecular formula is C42H80NO8P. The van der Waals surface area contributed by atoms with E-state index >= 15 is 0 Å². The number of allylic oxidation sites excluding steroid dienone is 4. The Morgan fingerprint density at radius 2 is 1.06 bits per heavy atom. The molecule has 0 fully saturated rings. The van der Waals surface area contributed by atoms with E-state index in [-0.39, 0.29) is 32.0 Å². The minimum atomic E-state index is -4.62. The van der Waals surface area contributed by atoms with E-state index in [0.717, 1.165) is 64.2 Å². The summed E-state index contributed by atoms with van der Waals surface area (Å²) < 4.78 is 33.8. The summed E-state index contributed by atoms with van der Waals surface area (Å²) in [4.78, 5) is 37.4. The van der Waals surface area contributed by atoms with Crippen LogP contribution in [0, 0.1) is 0 Å². The standard InChI is InChI=1S/C42H80NO8P/c1-6-8-10-12-14-16-18-20-22-24-26-28-30-32-34-41(44)48-38-40(39-50-52(46,47)49-37-36-43(3,4)5)51-42(45)35-33-31-29-27-25-23-21-19-17-15-13-11-9-7-2/h13,15,19,21,40H,6-12,14,16-18,20,22-39H2,1-5H3/b15-13-,21-19-. The highest BCUT2D eigenvalue weighted by Gasteiger charge is 2.21. The zero-order valence-corrected chi connectivity index (χ0v) is 35.2. The highest BCUT2D eigenvalue weighted by molar-refractivity contribution is 7.45. The SMILES string of the molecule is CCCC/C=C\C/C=C\CCCCCCCC(=O)OC(COC(=O)CCCCCCCCCCCCCCCC)COP(=O)([O-])OCC[N+](C)(C)C. The Labute approximate surface area is 319 Å². The molecule has 306 valence electrons. The van der Waals surface area contributed by atoms with Crippen LogP contribution in [0.15, 0.2) is 24.3 Å². The Kier molecular flexibility index (Phi) is 34.2. The predicted octanol–water partition coefficient (Wildman–Crippen LogP) is 10.9. The van der Waals surface area contributed by atoms with Crippen LogP contribution < -0.4 is 4.89 Å². The second-order valence-corrected chi connectivity index (χ2v) is 16.8. The number of rotatable bonds is 38. The van der Waals surface area contributed by atoms with E-state index in [2.05, 4.69) is 38.2 Å². The molecule has 0 amide bonds. The number of phosphoric acid groups is 1. The topological polar surface area (TPSA) is 111 Å². The Hall–Kier alpha value is -1.51. The van der Waals surface area contributed by atoms with E-state index < -0.39 is 26.5 Å². The fraction of sp³-hybridized carbons (Fsp3) is 0.857. The minimum absolute atomic E-state index is 0.0321. The number of phosphoric ester groups is 1. The van der Waals surface area contributed by atoms with Gasteiger partial charge in [-0.2, -0.15) is 0 Å². The van der Waals surface area contributed by atoms with E-state index in [0.29, 0.717) is 17.4 Å². The van der Waals surface area contributed by atoms with Crippen molar-refractivity contribution in [3.8, 4) is 0 Å². The Bertz CT molecular complexity index is 949. The van der Waals surface area contributed by atoms with E-state index in [4.69, 9.17) is 18.5 Å². The maximum absolute atomic E-state index is 12.6. The Morgan fingerprint density at radius 1 is 0.596 bits per heavy atom. The fourth-order valence-electron chi connectivity index (χ4n) is 5.61. The molecule has 0 aromatic heterocycles. The van der Waals surface area contributed by atoms with Gasteiger partial charge in [0.2, 0.25) is 0 Å². The average molecular weight is 758 g/mol. The number of hydrogen-bond donors (Lipinski definition) is 0. The molecule has 2 atom stereocenters. The lowest BCUT2D eigenvalue weighted by molar-refractivity contribution is -0.870. The summed E-state index contributed by atoms with van der Waals surface area (Å²) >= 11 is 0. The van der Waals surface area contributed by atoms with Gasteiger partial charge < -0.3 is 27.9 Å². The van der Waals surface area contributed by atoms with Crippen molar-refractivity contribution in [2.45, 2.75) is 187 Å². The summed E-state index contributed by atoms with van der Waals surface area (Å²) in [5.41, 5.74) is 0. The van der Waals surface area contributed by atoms with E-state index in [1.165, 1.54) is 83.5 Å². The van der Waals surface area contributed by atoms with Gasteiger partial charge in [-0.15, -0.1) is 0 Å². The summed E-state index contributed by atoms with van der Waals surface area (Å²) in [5.74, 6) is -0.846. The largest absolute Gasteiger partial charge is 0.756 e. The first kappa shape index (κ1) is 50.5.